The molecule has 2 rings (SSSR count). The number of hydrogen-bond donors (Lipinski definition) is 2. The van der Waals surface area contributed by atoms with Crippen molar-refractivity contribution in [3.63, 3.8) is 0 Å². The zero-order chi connectivity index (χ0) is 22.5. The third-order valence-electron chi connectivity index (χ3n) is 5.41. The number of ether oxygens (including phenoxy) is 2. The van der Waals surface area contributed by atoms with E-state index >= 15 is 0 Å². The number of nitrogens with zero attached hydrogens (tertiary/aromatic N) is 1. The minimum Gasteiger partial charge on any atom is -0.468 e. The summed E-state index contributed by atoms with van der Waals surface area (Å²) >= 11 is 0. The van der Waals surface area contributed by atoms with Crippen molar-refractivity contribution in [1.29, 1.82) is 0 Å². The van der Waals surface area contributed by atoms with E-state index in [-0.39, 0.29) is 24.4 Å². The SMILES string of the molecule is COC(=O)CNC(=O)[C@@H](NC(=O)[C@@H](C)N1[C@@H](c2ccccc2)COC1(C)C)C(C)C. The van der Waals surface area contributed by atoms with Crippen LogP contribution in [0.1, 0.15) is 46.2 Å². The predicted octanol–water partition coefficient (Wildman–Crippen LogP) is 1.61. The number of nitrogens with one attached hydrogen (secondary N) is 2. The summed E-state index contributed by atoms with van der Waals surface area (Å²) in [6.07, 6.45) is 0. The van der Waals surface area contributed by atoms with Crippen molar-refractivity contribution in [3.05, 3.63) is 35.9 Å². The van der Waals surface area contributed by atoms with Gasteiger partial charge in [-0.05, 0) is 32.3 Å². The fourth-order valence-corrected chi connectivity index (χ4v) is 3.76. The minimum atomic E-state index is -0.772. The molecule has 1 fully saturated rings. The van der Waals surface area contributed by atoms with Crippen LogP contribution in [0.3, 0.4) is 0 Å². The van der Waals surface area contributed by atoms with E-state index in [1.807, 2.05) is 69.9 Å². The molecule has 1 saturated heterocycles. The fraction of sp³-hybridized carbons (Fsp3) is 0.591. The summed E-state index contributed by atoms with van der Waals surface area (Å²) in [5.41, 5.74) is 0.427. The molecule has 0 aliphatic carbocycles. The van der Waals surface area contributed by atoms with E-state index < -0.39 is 29.7 Å². The van der Waals surface area contributed by atoms with Gasteiger partial charge >= 0.3 is 5.97 Å². The van der Waals surface area contributed by atoms with Crippen LogP contribution in [0.15, 0.2) is 30.3 Å². The van der Waals surface area contributed by atoms with E-state index in [1.54, 1.807) is 0 Å². The van der Waals surface area contributed by atoms with Gasteiger partial charge < -0.3 is 20.1 Å². The molecule has 0 saturated carbocycles. The lowest BCUT2D eigenvalue weighted by atomic mass is 10.0. The Morgan fingerprint density at radius 1 is 1.17 bits per heavy atom. The van der Waals surface area contributed by atoms with Crippen LogP contribution in [-0.4, -0.2) is 60.8 Å². The average Bonchev–Trinajstić information content (AvgIpc) is 3.04. The second kappa shape index (κ2) is 10.0. The highest BCUT2D eigenvalue weighted by Gasteiger charge is 2.46. The van der Waals surface area contributed by atoms with E-state index in [4.69, 9.17) is 4.74 Å². The summed E-state index contributed by atoms with van der Waals surface area (Å²) < 4.78 is 10.5. The normalized spacial score (nSPS) is 20.4. The summed E-state index contributed by atoms with van der Waals surface area (Å²) in [5.74, 6) is -1.41. The number of rotatable bonds is 8. The molecule has 0 unspecified atom stereocenters. The monoisotopic (exact) mass is 419 g/mol. The maximum Gasteiger partial charge on any atom is 0.325 e. The molecule has 8 heteroatoms. The smallest absolute Gasteiger partial charge is 0.325 e. The number of esters is 1. The highest BCUT2D eigenvalue weighted by molar-refractivity contribution is 5.91. The molecule has 1 aliphatic heterocycles. The number of hydrogen-bond acceptors (Lipinski definition) is 6. The van der Waals surface area contributed by atoms with Crippen LogP contribution in [0, 0.1) is 5.92 Å². The van der Waals surface area contributed by atoms with Crippen molar-refractivity contribution in [3.8, 4) is 0 Å². The van der Waals surface area contributed by atoms with Gasteiger partial charge in [0, 0.05) is 0 Å². The molecule has 1 aliphatic rings. The van der Waals surface area contributed by atoms with E-state index in [1.165, 1.54) is 7.11 Å². The Balaban J connectivity index is 2.14. The zero-order valence-corrected chi connectivity index (χ0v) is 18.6. The van der Waals surface area contributed by atoms with E-state index in [2.05, 4.69) is 15.4 Å². The number of benzene rings is 1. The molecule has 1 heterocycles. The second-order valence-electron chi connectivity index (χ2n) is 8.29. The first-order chi connectivity index (χ1) is 14.1. The van der Waals surface area contributed by atoms with Crippen molar-refractivity contribution in [1.82, 2.24) is 15.5 Å². The van der Waals surface area contributed by atoms with Crippen molar-refractivity contribution < 1.29 is 23.9 Å². The molecular weight excluding hydrogens is 386 g/mol. The molecule has 166 valence electrons. The molecular formula is C22H33N3O5. The highest BCUT2D eigenvalue weighted by atomic mass is 16.5. The van der Waals surface area contributed by atoms with Crippen LogP contribution in [0.4, 0.5) is 0 Å². The van der Waals surface area contributed by atoms with Gasteiger partial charge in [0.15, 0.2) is 0 Å². The number of carbonyl (C=O) groups is 3. The van der Waals surface area contributed by atoms with Gasteiger partial charge in [0.1, 0.15) is 18.3 Å². The van der Waals surface area contributed by atoms with E-state index in [0.717, 1.165) is 5.56 Å². The third-order valence-corrected chi connectivity index (χ3v) is 5.41. The maximum absolute atomic E-state index is 13.1. The van der Waals surface area contributed by atoms with Gasteiger partial charge in [-0.3, -0.25) is 19.3 Å². The Bertz CT molecular complexity index is 750. The molecule has 30 heavy (non-hydrogen) atoms. The van der Waals surface area contributed by atoms with Crippen molar-refractivity contribution in [2.45, 2.75) is 58.5 Å². The summed E-state index contributed by atoms with van der Waals surface area (Å²) in [6, 6.07) is 8.52. The van der Waals surface area contributed by atoms with Crippen LogP contribution in [0.25, 0.3) is 0 Å². The van der Waals surface area contributed by atoms with Gasteiger partial charge in [0.25, 0.3) is 0 Å². The lowest BCUT2D eigenvalue weighted by Gasteiger charge is -2.38. The Morgan fingerprint density at radius 3 is 2.37 bits per heavy atom. The first kappa shape index (κ1) is 23.8. The van der Waals surface area contributed by atoms with Crippen LogP contribution >= 0.6 is 0 Å². The number of methoxy groups -OCH3 is 1. The van der Waals surface area contributed by atoms with Gasteiger partial charge in [-0.15, -0.1) is 0 Å². The van der Waals surface area contributed by atoms with Gasteiger partial charge in [0.05, 0.1) is 25.8 Å². The topological polar surface area (TPSA) is 97.0 Å². The minimum absolute atomic E-state index is 0.0763. The molecule has 0 aromatic heterocycles. The summed E-state index contributed by atoms with van der Waals surface area (Å²) in [4.78, 5) is 39.0. The van der Waals surface area contributed by atoms with Crippen LogP contribution in [0.5, 0.6) is 0 Å². The first-order valence-corrected chi connectivity index (χ1v) is 10.2. The summed E-state index contributed by atoms with van der Waals surface area (Å²) in [6.45, 7) is 9.58. The molecule has 0 radical (unpaired) electrons. The first-order valence-electron chi connectivity index (χ1n) is 10.2. The zero-order valence-electron chi connectivity index (χ0n) is 18.6. The van der Waals surface area contributed by atoms with Crippen molar-refractivity contribution in [2.24, 2.45) is 5.92 Å². The number of carbonyl (C=O) groups excluding carboxylic acids is 3. The van der Waals surface area contributed by atoms with Gasteiger partial charge in [-0.2, -0.15) is 0 Å². The van der Waals surface area contributed by atoms with E-state index in [9.17, 15) is 14.4 Å². The predicted molar refractivity (Wildman–Crippen MR) is 112 cm³/mol. The summed E-state index contributed by atoms with van der Waals surface area (Å²) in [7, 11) is 1.25. The lowest BCUT2D eigenvalue weighted by molar-refractivity contribution is -0.142. The standard InChI is InChI=1S/C22H33N3O5/c1-14(2)19(21(28)23-12-18(26)29-6)24-20(27)15(3)25-17(13-30-22(25,4)5)16-10-8-7-9-11-16/h7-11,14-15,17,19H,12-13H2,1-6H3,(H,23,28)(H,24,27)/t15-,17-,19+/m1/s1. The Hall–Kier alpha value is -2.45. The molecule has 2 amide bonds. The molecule has 2 N–H and O–H groups in total. The van der Waals surface area contributed by atoms with Gasteiger partial charge in [0.2, 0.25) is 11.8 Å². The van der Waals surface area contributed by atoms with Crippen LogP contribution < -0.4 is 10.6 Å². The average molecular weight is 420 g/mol. The Labute approximate surface area is 178 Å². The third kappa shape index (κ3) is 5.58. The number of amides is 2. The van der Waals surface area contributed by atoms with Crippen molar-refractivity contribution >= 4 is 17.8 Å². The molecule has 8 nitrogen and oxygen atoms in total. The quantitative estimate of drug-likeness (QED) is 0.622. The molecule has 1 aromatic carbocycles. The molecule has 0 spiro atoms. The maximum atomic E-state index is 13.1. The molecule has 3 atom stereocenters. The van der Waals surface area contributed by atoms with Crippen LogP contribution in [0.2, 0.25) is 0 Å². The van der Waals surface area contributed by atoms with Gasteiger partial charge in [-0.25, -0.2) is 0 Å². The van der Waals surface area contributed by atoms with Crippen LogP contribution in [-0.2, 0) is 23.9 Å². The van der Waals surface area contributed by atoms with Crippen molar-refractivity contribution in [2.75, 3.05) is 20.3 Å². The van der Waals surface area contributed by atoms with E-state index in [0.29, 0.717) is 6.61 Å². The second-order valence-corrected chi connectivity index (χ2v) is 8.29. The Morgan fingerprint density at radius 2 is 1.80 bits per heavy atom. The Kier molecular flexibility index (Phi) is 7.97. The lowest BCUT2D eigenvalue weighted by Crippen LogP contribution is -2.57. The largest absolute Gasteiger partial charge is 0.468 e. The highest BCUT2D eigenvalue weighted by Crippen LogP contribution is 2.38. The fourth-order valence-electron chi connectivity index (χ4n) is 3.76. The molecule has 1 aromatic rings. The van der Waals surface area contributed by atoms with Gasteiger partial charge in [-0.1, -0.05) is 44.2 Å². The molecule has 0 bridgehead atoms. The summed E-state index contributed by atoms with van der Waals surface area (Å²) in [5, 5.41) is 5.36.